The highest BCUT2D eigenvalue weighted by molar-refractivity contribution is 5.84. The second kappa shape index (κ2) is 2.09. The van der Waals surface area contributed by atoms with Crippen LogP contribution in [0.4, 0.5) is 0 Å². The monoisotopic (exact) mass is 167 g/mol. The summed E-state index contributed by atoms with van der Waals surface area (Å²) in [5.41, 5.74) is 0.0792. The van der Waals surface area contributed by atoms with E-state index in [-0.39, 0.29) is 0 Å². The molecule has 1 fully saturated rings. The first-order valence-electron chi connectivity index (χ1n) is 3.82. The van der Waals surface area contributed by atoms with Crippen LogP contribution in [0.2, 0.25) is 0 Å². The molecule has 0 radical (unpaired) electrons. The van der Waals surface area contributed by atoms with Gasteiger partial charge >= 0.3 is 5.97 Å². The van der Waals surface area contributed by atoms with E-state index in [1.165, 1.54) is 0 Å². The molecule has 2 rings (SSSR count). The number of nitrogens with zero attached hydrogens (tertiary/aromatic N) is 1. The van der Waals surface area contributed by atoms with E-state index in [0.717, 1.165) is 5.56 Å². The first-order chi connectivity index (χ1) is 5.67. The minimum atomic E-state index is -0.803. The molecule has 0 aromatic carbocycles. The normalized spacial score (nSPS) is 19.1. The zero-order valence-corrected chi connectivity index (χ0v) is 6.70. The summed E-state index contributed by atoms with van der Waals surface area (Å²) in [4.78, 5) is 10.8. The molecule has 0 amide bonds. The van der Waals surface area contributed by atoms with Gasteiger partial charge in [0.2, 0.25) is 0 Å². The smallest absolute Gasteiger partial charge is 0.317 e. The lowest BCUT2D eigenvalue weighted by molar-refractivity contribution is -0.140. The van der Waals surface area contributed by atoms with Crippen molar-refractivity contribution in [2.24, 2.45) is 0 Å². The molecule has 1 N–H and O–H groups in total. The topological polar surface area (TPSA) is 63.3 Å². The minimum absolute atomic E-state index is 0.523. The van der Waals surface area contributed by atoms with Crippen molar-refractivity contribution < 1.29 is 14.4 Å². The largest absolute Gasteiger partial charge is 0.480 e. The maximum atomic E-state index is 10.8. The third kappa shape index (κ3) is 0.776. The summed E-state index contributed by atoms with van der Waals surface area (Å²) in [6.07, 6.45) is 2.88. The fraction of sp³-hybridized carbons (Fsp3) is 0.500. The van der Waals surface area contributed by atoms with Gasteiger partial charge in [-0.25, -0.2) is 0 Å². The van der Waals surface area contributed by atoms with Gasteiger partial charge in [-0.05, 0) is 19.8 Å². The molecule has 1 aliphatic rings. The highest BCUT2D eigenvalue weighted by Gasteiger charge is 2.55. The first kappa shape index (κ1) is 7.34. The maximum Gasteiger partial charge on any atom is 0.317 e. The van der Waals surface area contributed by atoms with Gasteiger partial charge in [0.05, 0.1) is 6.20 Å². The SMILES string of the molecule is Cc1cnoc1C1(C(=O)O)CC1. The number of carbonyl (C=O) groups is 1. The predicted octanol–water partition coefficient (Wildman–Crippen LogP) is 1.10. The Hall–Kier alpha value is -1.32. The number of aliphatic carboxylic acids is 1. The molecule has 4 heteroatoms. The first-order valence-corrected chi connectivity index (χ1v) is 3.82. The van der Waals surface area contributed by atoms with Gasteiger partial charge in [0.1, 0.15) is 5.41 Å². The number of rotatable bonds is 2. The molecule has 0 spiro atoms. The highest BCUT2D eigenvalue weighted by atomic mass is 16.5. The second-order valence-corrected chi connectivity index (χ2v) is 3.23. The van der Waals surface area contributed by atoms with Gasteiger partial charge in [0.25, 0.3) is 0 Å². The van der Waals surface area contributed by atoms with E-state index in [9.17, 15) is 4.79 Å². The van der Waals surface area contributed by atoms with Crippen LogP contribution in [-0.4, -0.2) is 16.2 Å². The van der Waals surface area contributed by atoms with E-state index in [4.69, 9.17) is 9.63 Å². The average molecular weight is 167 g/mol. The fourth-order valence-electron chi connectivity index (χ4n) is 1.42. The zero-order valence-electron chi connectivity index (χ0n) is 6.70. The molecule has 1 aromatic heterocycles. The molecule has 4 nitrogen and oxygen atoms in total. The quantitative estimate of drug-likeness (QED) is 0.716. The third-order valence-electron chi connectivity index (χ3n) is 2.34. The van der Waals surface area contributed by atoms with Crippen LogP contribution in [0.15, 0.2) is 10.7 Å². The van der Waals surface area contributed by atoms with Crippen molar-refractivity contribution in [1.82, 2.24) is 5.16 Å². The molecule has 0 aliphatic heterocycles. The van der Waals surface area contributed by atoms with Crippen molar-refractivity contribution in [3.8, 4) is 0 Å². The summed E-state index contributed by atoms with van der Waals surface area (Å²) in [5, 5.41) is 12.5. The van der Waals surface area contributed by atoms with E-state index >= 15 is 0 Å². The molecule has 1 heterocycles. The minimum Gasteiger partial charge on any atom is -0.480 e. The second-order valence-electron chi connectivity index (χ2n) is 3.23. The molecule has 12 heavy (non-hydrogen) atoms. The predicted molar refractivity (Wildman–Crippen MR) is 39.8 cm³/mol. The number of hydrogen-bond donors (Lipinski definition) is 1. The van der Waals surface area contributed by atoms with Crippen molar-refractivity contribution in [2.75, 3.05) is 0 Å². The van der Waals surface area contributed by atoms with Gasteiger partial charge in [-0.2, -0.15) is 0 Å². The zero-order chi connectivity index (χ0) is 8.77. The summed E-state index contributed by atoms with van der Waals surface area (Å²) in [6.45, 7) is 1.81. The lowest BCUT2D eigenvalue weighted by Gasteiger charge is -2.04. The summed E-state index contributed by atoms with van der Waals surface area (Å²) >= 11 is 0. The summed E-state index contributed by atoms with van der Waals surface area (Å²) in [5.74, 6) is -0.280. The summed E-state index contributed by atoms with van der Waals surface area (Å²) < 4.78 is 4.92. The average Bonchev–Trinajstić information content (AvgIpc) is 2.71. The van der Waals surface area contributed by atoms with Gasteiger partial charge in [-0.15, -0.1) is 0 Å². The maximum absolute atomic E-state index is 10.8. The Bertz CT molecular complexity index is 325. The van der Waals surface area contributed by atoms with Crippen LogP contribution in [0.5, 0.6) is 0 Å². The lowest BCUT2D eigenvalue weighted by atomic mass is 10.0. The molecule has 64 valence electrons. The van der Waals surface area contributed by atoms with Crippen molar-refractivity contribution in [2.45, 2.75) is 25.2 Å². The molecular weight excluding hydrogens is 158 g/mol. The van der Waals surface area contributed by atoms with Gasteiger partial charge in [-0.3, -0.25) is 4.79 Å². The number of aryl methyl sites for hydroxylation is 1. The van der Waals surface area contributed by atoms with E-state index in [1.54, 1.807) is 6.20 Å². The van der Waals surface area contributed by atoms with Crippen LogP contribution >= 0.6 is 0 Å². The summed E-state index contributed by atoms with van der Waals surface area (Å²) in [6, 6.07) is 0. The lowest BCUT2D eigenvalue weighted by Crippen LogP contribution is -2.19. The summed E-state index contributed by atoms with van der Waals surface area (Å²) in [7, 11) is 0. The molecular formula is C8H9NO3. The van der Waals surface area contributed by atoms with E-state index in [2.05, 4.69) is 5.16 Å². The van der Waals surface area contributed by atoms with Crippen molar-refractivity contribution >= 4 is 5.97 Å². The van der Waals surface area contributed by atoms with E-state index < -0.39 is 11.4 Å². The number of hydrogen-bond acceptors (Lipinski definition) is 3. The molecule has 0 saturated heterocycles. The Labute approximate surface area is 69.2 Å². The Morgan fingerprint density at radius 3 is 2.75 bits per heavy atom. The third-order valence-corrected chi connectivity index (χ3v) is 2.34. The standard InChI is InChI=1S/C8H9NO3/c1-5-4-9-12-6(5)8(2-3-8)7(10)11/h4H,2-3H2,1H3,(H,10,11). The van der Waals surface area contributed by atoms with Gasteiger partial charge < -0.3 is 9.63 Å². The molecule has 0 unspecified atom stereocenters. The van der Waals surface area contributed by atoms with Crippen LogP contribution in [0.3, 0.4) is 0 Å². The molecule has 1 aliphatic carbocycles. The molecule has 0 atom stereocenters. The molecule has 1 aromatic rings. The molecule has 0 bridgehead atoms. The highest BCUT2D eigenvalue weighted by Crippen LogP contribution is 2.49. The van der Waals surface area contributed by atoms with Crippen LogP contribution in [0.1, 0.15) is 24.2 Å². The number of carboxylic acids is 1. The van der Waals surface area contributed by atoms with Gasteiger partial charge in [0, 0.05) is 5.56 Å². The van der Waals surface area contributed by atoms with Crippen molar-refractivity contribution in [3.63, 3.8) is 0 Å². The number of carboxylic acid groups (broad SMARTS) is 1. The van der Waals surface area contributed by atoms with Crippen LogP contribution in [-0.2, 0) is 10.2 Å². The number of aromatic nitrogens is 1. The Morgan fingerprint density at radius 2 is 2.42 bits per heavy atom. The molecule has 1 saturated carbocycles. The van der Waals surface area contributed by atoms with Gasteiger partial charge in [0.15, 0.2) is 5.76 Å². The van der Waals surface area contributed by atoms with Crippen molar-refractivity contribution in [3.05, 3.63) is 17.5 Å². The van der Waals surface area contributed by atoms with E-state index in [1.807, 2.05) is 6.92 Å². The van der Waals surface area contributed by atoms with Crippen LogP contribution in [0.25, 0.3) is 0 Å². The fourth-order valence-corrected chi connectivity index (χ4v) is 1.42. The van der Waals surface area contributed by atoms with Crippen LogP contribution in [0, 0.1) is 6.92 Å². The Kier molecular flexibility index (Phi) is 1.28. The van der Waals surface area contributed by atoms with Gasteiger partial charge in [-0.1, -0.05) is 5.16 Å². The van der Waals surface area contributed by atoms with Crippen molar-refractivity contribution in [1.29, 1.82) is 0 Å². The Balaban J connectivity index is 2.43. The van der Waals surface area contributed by atoms with E-state index in [0.29, 0.717) is 18.6 Å². The Morgan fingerprint density at radius 1 is 1.75 bits per heavy atom. The van der Waals surface area contributed by atoms with Crippen LogP contribution < -0.4 is 0 Å².